The van der Waals surface area contributed by atoms with Crippen molar-refractivity contribution in [3.05, 3.63) is 35.9 Å². The van der Waals surface area contributed by atoms with E-state index in [9.17, 15) is 0 Å². The van der Waals surface area contributed by atoms with Gasteiger partial charge in [0.1, 0.15) is 0 Å². The van der Waals surface area contributed by atoms with Crippen LogP contribution in [0.2, 0.25) is 0 Å². The average Bonchev–Trinajstić information content (AvgIpc) is 3.14. The quantitative estimate of drug-likeness (QED) is 0.832. The third kappa shape index (κ3) is 3.33. The zero-order valence-electron chi connectivity index (χ0n) is 11.0. The van der Waals surface area contributed by atoms with Gasteiger partial charge in [0.2, 0.25) is 0 Å². The molecular weight excluding hydrogens is 222 g/mol. The highest BCUT2D eigenvalue weighted by Crippen LogP contribution is 2.26. The van der Waals surface area contributed by atoms with Crippen molar-refractivity contribution in [1.82, 2.24) is 5.32 Å². The highest BCUT2D eigenvalue weighted by Gasteiger charge is 2.29. The van der Waals surface area contributed by atoms with Gasteiger partial charge in [0, 0.05) is 19.2 Å². The van der Waals surface area contributed by atoms with Gasteiger partial charge in [0.15, 0.2) is 0 Å². The Morgan fingerprint density at radius 1 is 1.11 bits per heavy atom. The van der Waals surface area contributed by atoms with Crippen LogP contribution >= 0.6 is 0 Å². The van der Waals surface area contributed by atoms with Crippen LogP contribution in [-0.2, 0) is 11.2 Å². The van der Waals surface area contributed by atoms with Crippen molar-refractivity contribution in [2.75, 3.05) is 13.2 Å². The number of nitrogens with one attached hydrogen (secondary N) is 1. The molecule has 1 aliphatic heterocycles. The van der Waals surface area contributed by atoms with Crippen molar-refractivity contribution in [1.29, 1.82) is 0 Å². The van der Waals surface area contributed by atoms with Gasteiger partial charge >= 0.3 is 0 Å². The molecule has 0 spiro atoms. The van der Waals surface area contributed by atoms with Crippen LogP contribution in [0.5, 0.6) is 0 Å². The Hall–Kier alpha value is -0.860. The summed E-state index contributed by atoms with van der Waals surface area (Å²) in [6.45, 7) is 2.11. The standard InChI is InChI=1S/C16H23NO/c1-2-4-13(5-3-1)6-9-16-14(10-11-18-16)12-17-15-7-8-15/h1-5,14-17H,6-12H2. The molecule has 1 N–H and O–H groups in total. The van der Waals surface area contributed by atoms with E-state index in [4.69, 9.17) is 4.74 Å². The summed E-state index contributed by atoms with van der Waals surface area (Å²) < 4.78 is 5.90. The molecule has 1 heterocycles. The van der Waals surface area contributed by atoms with Crippen LogP contribution in [0.25, 0.3) is 0 Å². The summed E-state index contributed by atoms with van der Waals surface area (Å²) in [6, 6.07) is 11.6. The SMILES string of the molecule is c1ccc(CCC2OCCC2CNC2CC2)cc1. The summed E-state index contributed by atoms with van der Waals surface area (Å²) in [5, 5.41) is 3.65. The first-order valence-corrected chi connectivity index (χ1v) is 7.31. The Balaban J connectivity index is 1.45. The molecule has 1 aromatic carbocycles. The first-order chi connectivity index (χ1) is 8.92. The van der Waals surface area contributed by atoms with Crippen molar-refractivity contribution >= 4 is 0 Å². The monoisotopic (exact) mass is 245 g/mol. The molecule has 1 aliphatic carbocycles. The summed E-state index contributed by atoms with van der Waals surface area (Å²) in [5.41, 5.74) is 1.43. The maximum Gasteiger partial charge on any atom is 0.0619 e. The van der Waals surface area contributed by atoms with Crippen molar-refractivity contribution in [2.24, 2.45) is 5.92 Å². The Kier molecular flexibility index (Phi) is 3.96. The van der Waals surface area contributed by atoms with Gasteiger partial charge in [0.25, 0.3) is 0 Å². The fourth-order valence-corrected chi connectivity index (χ4v) is 2.80. The maximum atomic E-state index is 5.90. The van der Waals surface area contributed by atoms with E-state index >= 15 is 0 Å². The first kappa shape index (κ1) is 12.2. The minimum Gasteiger partial charge on any atom is -0.378 e. The number of aryl methyl sites for hydroxylation is 1. The van der Waals surface area contributed by atoms with Crippen LogP contribution < -0.4 is 5.32 Å². The molecule has 3 rings (SSSR count). The van der Waals surface area contributed by atoms with E-state index in [-0.39, 0.29) is 0 Å². The second-order valence-electron chi connectivity index (χ2n) is 5.66. The van der Waals surface area contributed by atoms with Crippen LogP contribution in [0.4, 0.5) is 0 Å². The van der Waals surface area contributed by atoms with E-state index in [1.165, 1.54) is 31.2 Å². The Morgan fingerprint density at radius 2 is 1.94 bits per heavy atom. The van der Waals surface area contributed by atoms with Crippen molar-refractivity contribution in [2.45, 2.75) is 44.2 Å². The predicted octanol–water partition coefficient (Wildman–Crippen LogP) is 2.78. The van der Waals surface area contributed by atoms with Gasteiger partial charge in [-0.15, -0.1) is 0 Å². The summed E-state index contributed by atoms with van der Waals surface area (Å²) in [5.74, 6) is 0.731. The Labute approximate surface area is 110 Å². The number of hydrogen-bond acceptors (Lipinski definition) is 2. The minimum atomic E-state index is 0.469. The lowest BCUT2D eigenvalue weighted by Gasteiger charge is -2.19. The highest BCUT2D eigenvalue weighted by molar-refractivity contribution is 5.14. The second-order valence-corrected chi connectivity index (χ2v) is 5.66. The third-order valence-electron chi connectivity index (χ3n) is 4.15. The molecule has 0 bridgehead atoms. The molecule has 2 heteroatoms. The van der Waals surface area contributed by atoms with Crippen LogP contribution in [0.3, 0.4) is 0 Å². The number of hydrogen-bond donors (Lipinski definition) is 1. The predicted molar refractivity (Wildman–Crippen MR) is 73.6 cm³/mol. The lowest BCUT2D eigenvalue weighted by molar-refractivity contribution is 0.0834. The molecule has 2 atom stereocenters. The van der Waals surface area contributed by atoms with Crippen LogP contribution in [-0.4, -0.2) is 25.3 Å². The van der Waals surface area contributed by atoms with Gasteiger partial charge in [0.05, 0.1) is 6.10 Å². The molecule has 18 heavy (non-hydrogen) atoms. The molecule has 1 saturated heterocycles. The van der Waals surface area contributed by atoms with Crippen LogP contribution in [0.1, 0.15) is 31.2 Å². The molecule has 1 aromatic rings. The smallest absolute Gasteiger partial charge is 0.0619 e. The summed E-state index contributed by atoms with van der Waals surface area (Å²) >= 11 is 0. The molecule has 0 radical (unpaired) electrons. The van der Waals surface area contributed by atoms with Gasteiger partial charge in [-0.1, -0.05) is 30.3 Å². The van der Waals surface area contributed by atoms with E-state index in [0.29, 0.717) is 6.10 Å². The lowest BCUT2D eigenvalue weighted by atomic mass is 9.96. The van der Waals surface area contributed by atoms with Crippen molar-refractivity contribution in [3.63, 3.8) is 0 Å². The summed E-state index contributed by atoms with van der Waals surface area (Å²) in [4.78, 5) is 0. The normalized spacial score (nSPS) is 27.6. The van der Waals surface area contributed by atoms with Crippen LogP contribution in [0.15, 0.2) is 30.3 Å². The van der Waals surface area contributed by atoms with E-state index in [1.807, 2.05) is 0 Å². The van der Waals surface area contributed by atoms with E-state index in [0.717, 1.165) is 31.5 Å². The van der Waals surface area contributed by atoms with Gasteiger partial charge in [-0.25, -0.2) is 0 Å². The molecule has 98 valence electrons. The third-order valence-corrected chi connectivity index (χ3v) is 4.15. The fraction of sp³-hybridized carbons (Fsp3) is 0.625. The van der Waals surface area contributed by atoms with Gasteiger partial charge < -0.3 is 10.1 Å². The Bertz CT molecular complexity index is 361. The molecule has 1 saturated carbocycles. The van der Waals surface area contributed by atoms with Crippen molar-refractivity contribution in [3.8, 4) is 0 Å². The molecule has 2 fully saturated rings. The molecule has 2 aliphatic rings. The molecule has 2 nitrogen and oxygen atoms in total. The number of ether oxygens (including phenoxy) is 1. The zero-order valence-corrected chi connectivity index (χ0v) is 11.0. The molecular formula is C16H23NO. The highest BCUT2D eigenvalue weighted by atomic mass is 16.5. The topological polar surface area (TPSA) is 21.3 Å². The van der Waals surface area contributed by atoms with E-state index in [1.54, 1.807) is 0 Å². The van der Waals surface area contributed by atoms with Crippen molar-refractivity contribution < 1.29 is 4.74 Å². The molecule has 0 amide bonds. The minimum absolute atomic E-state index is 0.469. The second kappa shape index (κ2) is 5.85. The van der Waals surface area contributed by atoms with Gasteiger partial charge in [-0.3, -0.25) is 0 Å². The fourth-order valence-electron chi connectivity index (χ4n) is 2.80. The lowest BCUT2D eigenvalue weighted by Crippen LogP contribution is -2.30. The zero-order chi connectivity index (χ0) is 12.2. The largest absolute Gasteiger partial charge is 0.378 e. The van der Waals surface area contributed by atoms with Gasteiger partial charge in [-0.05, 0) is 43.6 Å². The van der Waals surface area contributed by atoms with E-state index in [2.05, 4.69) is 35.6 Å². The average molecular weight is 245 g/mol. The van der Waals surface area contributed by atoms with Gasteiger partial charge in [-0.2, -0.15) is 0 Å². The summed E-state index contributed by atoms with van der Waals surface area (Å²) in [7, 11) is 0. The van der Waals surface area contributed by atoms with Crippen LogP contribution in [0, 0.1) is 5.92 Å². The first-order valence-electron chi connectivity index (χ1n) is 7.31. The maximum absolute atomic E-state index is 5.90. The van der Waals surface area contributed by atoms with E-state index < -0.39 is 0 Å². The molecule has 2 unspecified atom stereocenters. The summed E-state index contributed by atoms with van der Waals surface area (Å²) in [6.07, 6.45) is 6.77. The molecule has 0 aromatic heterocycles. The number of rotatable bonds is 6. The Morgan fingerprint density at radius 3 is 2.72 bits per heavy atom. The number of benzene rings is 1.